The van der Waals surface area contributed by atoms with Crippen LogP contribution in [0.2, 0.25) is 0 Å². The molecule has 18 heavy (non-hydrogen) atoms. The number of aromatic carboxylic acids is 1. The third-order valence-electron chi connectivity index (χ3n) is 2.99. The first kappa shape index (κ1) is 12.2. The van der Waals surface area contributed by atoms with Crippen molar-refractivity contribution in [3.63, 3.8) is 0 Å². The molecule has 2 N–H and O–H groups in total. The molecule has 2 aromatic rings. The molecule has 3 nitrogen and oxygen atoms in total. The Labute approximate surface area is 105 Å². The Bertz CT molecular complexity index is 598. The third-order valence-corrected chi connectivity index (χ3v) is 2.99. The summed E-state index contributed by atoms with van der Waals surface area (Å²) in [7, 11) is 0. The topological polar surface area (TPSA) is 57.5 Å². The quantitative estimate of drug-likeness (QED) is 0.848. The van der Waals surface area contributed by atoms with Gasteiger partial charge in [0.2, 0.25) is 0 Å². The van der Waals surface area contributed by atoms with Crippen molar-refractivity contribution < 1.29 is 15.0 Å². The summed E-state index contributed by atoms with van der Waals surface area (Å²) < 4.78 is 0. The Kier molecular flexibility index (Phi) is 3.06. The summed E-state index contributed by atoms with van der Waals surface area (Å²) in [6.07, 6.45) is 0. The maximum absolute atomic E-state index is 10.8. The number of hydrogen-bond donors (Lipinski definition) is 2. The molecule has 0 spiro atoms. The van der Waals surface area contributed by atoms with Gasteiger partial charge in [-0.1, -0.05) is 12.1 Å². The molecule has 0 aliphatic carbocycles. The highest BCUT2D eigenvalue weighted by atomic mass is 16.4. The molecule has 0 saturated carbocycles. The molecule has 0 bridgehead atoms. The normalized spacial score (nSPS) is 10.3. The monoisotopic (exact) mass is 242 g/mol. The lowest BCUT2D eigenvalue weighted by molar-refractivity contribution is 0.0697. The number of aromatic hydroxyl groups is 1. The van der Waals surface area contributed by atoms with Crippen LogP contribution >= 0.6 is 0 Å². The second-order valence-electron chi connectivity index (χ2n) is 4.34. The van der Waals surface area contributed by atoms with Crippen LogP contribution in [0, 0.1) is 13.8 Å². The molecule has 2 rings (SSSR count). The number of carbonyl (C=O) groups is 1. The summed E-state index contributed by atoms with van der Waals surface area (Å²) >= 11 is 0. The SMILES string of the molecule is Cc1cc(-c2ccc(C(=O)O)cc2)c(C)cc1O. The van der Waals surface area contributed by atoms with Crippen LogP contribution < -0.4 is 0 Å². The van der Waals surface area contributed by atoms with Crippen LogP contribution in [0.4, 0.5) is 0 Å². The number of carboxylic acid groups (broad SMARTS) is 1. The van der Waals surface area contributed by atoms with Crippen molar-refractivity contribution in [3.05, 3.63) is 53.1 Å². The van der Waals surface area contributed by atoms with Crippen LogP contribution in [-0.4, -0.2) is 16.2 Å². The van der Waals surface area contributed by atoms with E-state index in [0.717, 1.165) is 22.3 Å². The predicted molar refractivity (Wildman–Crippen MR) is 70.0 cm³/mol. The fourth-order valence-corrected chi connectivity index (χ4v) is 1.90. The van der Waals surface area contributed by atoms with Crippen molar-refractivity contribution in [2.75, 3.05) is 0 Å². The number of phenolic OH excluding ortho intramolecular Hbond substituents is 1. The van der Waals surface area contributed by atoms with Crippen LogP contribution in [0.3, 0.4) is 0 Å². The molecule has 0 saturated heterocycles. The Hall–Kier alpha value is -2.29. The molecule has 92 valence electrons. The van der Waals surface area contributed by atoms with Crippen LogP contribution in [0.5, 0.6) is 5.75 Å². The van der Waals surface area contributed by atoms with Gasteiger partial charge in [0.25, 0.3) is 0 Å². The van der Waals surface area contributed by atoms with Crippen molar-refractivity contribution in [2.24, 2.45) is 0 Å². The van der Waals surface area contributed by atoms with Crippen LogP contribution in [0.15, 0.2) is 36.4 Å². The van der Waals surface area contributed by atoms with Gasteiger partial charge in [0.05, 0.1) is 5.56 Å². The van der Waals surface area contributed by atoms with Gasteiger partial charge >= 0.3 is 5.97 Å². The molecule has 0 aliphatic heterocycles. The standard InChI is InChI=1S/C15H14O3/c1-9-8-14(16)10(2)7-13(9)11-3-5-12(6-4-11)15(17)18/h3-8,16H,1-2H3,(H,17,18). The second kappa shape index (κ2) is 4.53. The van der Waals surface area contributed by atoms with Crippen molar-refractivity contribution in [1.82, 2.24) is 0 Å². The molecule has 0 heterocycles. The van der Waals surface area contributed by atoms with E-state index in [1.807, 2.05) is 19.9 Å². The van der Waals surface area contributed by atoms with E-state index in [4.69, 9.17) is 5.11 Å². The summed E-state index contributed by atoms with van der Waals surface area (Å²) in [5.74, 6) is -0.654. The predicted octanol–water partition coefficient (Wildman–Crippen LogP) is 3.37. The first-order chi connectivity index (χ1) is 8.49. The Morgan fingerprint density at radius 3 is 2.17 bits per heavy atom. The summed E-state index contributed by atoms with van der Waals surface area (Å²) in [6.45, 7) is 3.75. The molecule has 0 fully saturated rings. The molecule has 0 aliphatic rings. The smallest absolute Gasteiger partial charge is 0.335 e. The van der Waals surface area contributed by atoms with E-state index >= 15 is 0 Å². The van der Waals surface area contributed by atoms with E-state index in [9.17, 15) is 9.90 Å². The molecule has 2 aromatic carbocycles. The summed E-state index contributed by atoms with van der Waals surface area (Å²) in [4.78, 5) is 10.8. The number of carboxylic acids is 1. The first-order valence-electron chi connectivity index (χ1n) is 5.63. The highest BCUT2D eigenvalue weighted by molar-refractivity contribution is 5.88. The minimum atomic E-state index is -0.930. The zero-order valence-corrected chi connectivity index (χ0v) is 10.3. The molecule has 0 unspecified atom stereocenters. The molecule has 0 atom stereocenters. The molecule has 0 aromatic heterocycles. The number of rotatable bonds is 2. The maximum atomic E-state index is 10.8. The summed E-state index contributed by atoms with van der Waals surface area (Å²) in [6, 6.07) is 10.3. The van der Waals surface area contributed by atoms with Gasteiger partial charge in [0.15, 0.2) is 0 Å². The van der Waals surface area contributed by atoms with Gasteiger partial charge in [-0.3, -0.25) is 0 Å². The van der Waals surface area contributed by atoms with E-state index in [1.165, 1.54) is 0 Å². The van der Waals surface area contributed by atoms with Crippen molar-refractivity contribution >= 4 is 5.97 Å². The highest BCUT2D eigenvalue weighted by Gasteiger charge is 2.07. The van der Waals surface area contributed by atoms with E-state index in [-0.39, 0.29) is 11.3 Å². The Balaban J connectivity index is 2.49. The third kappa shape index (κ3) is 2.20. The molecular weight excluding hydrogens is 228 g/mol. The van der Waals surface area contributed by atoms with Gasteiger partial charge in [-0.15, -0.1) is 0 Å². The van der Waals surface area contributed by atoms with Gasteiger partial charge in [0.1, 0.15) is 5.75 Å². The maximum Gasteiger partial charge on any atom is 0.335 e. The van der Waals surface area contributed by atoms with Crippen LogP contribution in [-0.2, 0) is 0 Å². The fraction of sp³-hybridized carbons (Fsp3) is 0.133. The minimum absolute atomic E-state index is 0.270. The Morgan fingerprint density at radius 2 is 1.61 bits per heavy atom. The zero-order chi connectivity index (χ0) is 13.3. The zero-order valence-electron chi connectivity index (χ0n) is 10.3. The average Bonchev–Trinajstić information content (AvgIpc) is 2.34. The summed E-state index contributed by atoms with van der Waals surface area (Å²) in [5, 5.41) is 18.5. The van der Waals surface area contributed by atoms with Crippen LogP contribution in [0.1, 0.15) is 21.5 Å². The average molecular weight is 242 g/mol. The lowest BCUT2D eigenvalue weighted by Gasteiger charge is -2.09. The lowest BCUT2D eigenvalue weighted by Crippen LogP contribution is -1.95. The molecule has 0 amide bonds. The summed E-state index contributed by atoms with van der Waals surface area (Å²) in [5.41, 5.74) is 3.98. The van der Waals surface area contributed by atoms with Gasteiger partial charge in [0, 0.05) is 0 Å². The van der Waals surface area contributed by atoms with Crippen LogP contribution in [0.25, 0.3) is 11.1 Å². The van der Waals surface area contributed by atoms with E-state index in [1.54, 1.807) is 30.3 Å². The molecule has 0 radical (unpaired) electrons. The lowest BCUT2D eigenvalue weighted by atomic mass is 9.97. The number of benzene rings is 2. The van der Waals surface area contributed by atoms with E-state index in [0.29, 0.717) is 0 Å². The van der Waals surface area contributed by atoms with Gasteiger partial charge < -0.3 is 10.2 Å². The number of hydrogen-bond acceptors (Lipinski definition) is 2. The van der Waals surface area contributed by atoms with Gasteiger partial charge in [-0.2, -0.15) is 0 Å². The van der Waals surface area contributed by atoms with Gasteiger partial charge in [-0.05, 0) is 60.4 Å². The Morgan fingerprint density at radius 1 is 1.00 bits per heavy atom. The highest BCUT2D eigenvalue weighted by Crippen LogP contribution is 2.29. The largest absolute Gasteiger partial charge is 0.508 e. The van der Waals surface area contributed by atoms with Gasteiger partial charge in [-0.25, -0.2) is 4.79 Å². The van der Waals surface area contributed by atoms with Crippen molar-refractivity contribution in [1.29, 1.82) is 0 Å². The fourth-order valence-electron chi connectivity index (χ4n) is 1.90. The number of aryl methyl sites for hydroxylation is 2. The minimum Gasteiger partial charge on any atom is -0.508 e. The van der Waals surface area contributed by atoms with Crippen molar-refractivity contribution in [3.8, 4) is 16.9 Å². The first-order valence-corrected chi connectivity index (χ1v) is 5.63. The van der Waals surface area contributed by atoms with Crippen molar-refractivity contribution in [2.45, 2.75) is 13.8 Å². The molecular formula is C15H14O3. The molecule has 3 heteroatoms. The second-order valence-corrected chi connectivity index (χ2v) is 4.34. The number of phenols is 1. The van der Waals surface area contributed by atoms with E-state index < -0.39 is 5.97 Å². The van der Waals surface area contributed by atoms with E-state index in [2.05, 4.69) is 0 Å².